The minimum atomic E-state index is -0.0292. The zero-order chi connectivity index (χ0) is 12.6. The molecule has 0 aromatic carbocycles. The minimum Gasteiger partial charge on any atom is -0.280 e. The van der Waals surface area contributed by atoms with E-state index in [1.54, 1.807) is 0 Å². The molecule has 1 aromatic heterocycles. The predicted molar refractivity (Wildman–Crippen MR) is 74.1 cm³/mol. The molecule has 1 fully saturated rings. The van der Waals surface area contributed by atoms with Gasteiger partial charge in [-0.25, -0.2) is 0 Å². The van der Waals surface area contributed by atoms with E-state index in [0.29, 0.717) is 23.2 Å². The van der Waals surface area contributed by atoms with E-state index in [0.717, 1.165) is 0 Å². The number of aromatic nitrogens is 2. The van der Waals surface area contributed by atoms with Crippen LogP contribution in [0.15, 0.2) is 4.47 Å². The molecule has 1 amide bonds. The molecule has 0 spiro atoms. The average Bonchev–Trinajstić information content (AvgIpc) is 2.67. The van der Waals surface area contributed by atoms with E-state index >= 15 is 0 Å². The Kier molecular flexibility index (Phi) is 4.18. The Hall–Kier alpha value is -0.0400. The number of halogens is 3. The molecule has 2 rings (SSSR count). The number of anilines is 1. The second kappa shape index (κ2) is 5.30. The molecule has 1 unspecified atom stereocenters. The number of carbonyl (C=O) groups excluding carboxylic acids is 1. The summed E-state index contributed by atoms with van der Waals surface area (Å²) in [7, 11) is 0. The van der Waals surface area contributed by atoms with Crippen LogP contribution in [0.4, 0.5) is 5.95 Å². The number of hydrogen-bond acceptors (Lipinski definition) is 4. The first-order chi connectivity index (χ1) is 8.02. The normalized spacial score (nSPS) is 20.1. The molecular formula is C9H8BrCl2N3OS. The van der Waals surface area contributed by atoms with Crippen molar-refractivity contribution in [1.29, 1.82) is 0 Å². The molecule has 1 atom stereocenters. The van der Waals surface area contributed by atoms with Crippen molar-refractivity contribution in [2.24, 2.45) is 5.92 Å². The van der Waals surface area contributed by atoms with Gasteiger partial charge in [-0.3, -0.25) is 9.69 Å². The lowest BCUT2D eigenvalue weighted by molar-refractivity contribution is -0.117. The molecule has 2 heterocycles. The predicted octanol–water partition coefficient (Wildman–Crippen LogP) is 2.83. The Labute approximate surface area is 122 Å². The van der Waals surface area contributed by atoms with Crippen molar-refractivity contribution in [3.63, 3.8) is 0 Å². The molecule has 92 valence electrons. The number of hydrogen-bond donors (Lipinski definition) is 1. The highest BCUT2D eigenvalue weighted by Gasteiger charge is 2.32. The molecule has 4 nitrogen and oxygen atoms in total. The van der Waals surface area contributed by atoms with E-state index in [-0.39, 0.29) is 28.1 Å². The van der Waals surface area contributed by atoms with Gasteiger partial charge in [0.15, 0.2) is 0 Å². The van der Waals surface area contributed by atoms with E-state index in [4.69, 9.17) is 23.2 Å². The quantitative estimate of drug-likeness (QED) is 0.654. The lowest BCUT2D eigenvalue weighted by Gasteiger charge is -2.14. The van der Waals surface area contributed by atoms with Crippen molar-refractivity contribution in [3.8, 4) is 0 Å². The zero-order valence-corrected chi connectivity index (χ0v) is 12.5. The highest BCUT2D eigenvalue weighted by molar-refractivity contribution is 9.10. The van der Waals surface area contributed by atoms with Gasteiger partial charge in [-0.2, -0.15) is 22.6 Å². The topological polar surface area (TPSA) is 46.1 Å². The molecule has 0 bridgehead atoms. The van der Waals surface area contributed by atoms with Crippen LogP contribution < -0.4 is 4.90 Å². The van der Waals surface area contributed by atoms with E-state index in [1.165, 1.54) is 4.90 Å². The lowest BCUT2D eigenvalue weighted by atomic mass is 10.1. The van der Waals surface area contributed by atoms with Crippen LogP contribution in [0, 0.1) is 5.92 Å². The fraction of sp³-hybridized carbons (Fsp3) is 0.444. The fourth-order valence-corrected chi connectivity index (χ4v) is 2.40. The third kappa shape index (κ3) is 2.70. The van der Waals surface area contributed by atoms with Gasteiger partial charge in [0, 0.05) is 13.0 Å². The Balaban J connectivity index is 2.32. The summed E-state index contributed by atoms with van der Waals surface area (Å²) in [5, 5.41) is 0.393. The summed E-state index contributed by atoms with van der Waals surface area (Å²) in [6.45, 7) is 0.552. The highest BCUT2D eigenvalue weighted by atomic mass is 79.9. The summed E-state index contributed by atoms with van der Waals surface area (Å²) in [5.74, 6) is 1.09. The second-order valence-corrected chi connectivity index (χ2v) is 5.55. The lowest BCUT2D eigenvalue weighted by Crippen LogP contribution is -2.27. The van der Waals surface area contributed by atoms with Gasteiger partial charge in [0.2, 0.25) is 11.9 Å². The first-order valence-corrected chi connectivity index (χ1v) is 7.00. The molecule has 0 radical (unpaired) electrons. The van der Waals surface area contributed by atoms with Crippen molar-refractivity contribution >= 4 is 63.6 Å². The van der Waals surface area contributed by atoms with Crippen molar-refractivity contribution in [3.05, 3.63) is 14.8 Å². The van der Waals surface area contributed by atoms with E-state index < -0.39 is 0 Å². The maximum atomic E-state index is 11.8. The number of carbonyl (C=O) groups is 1. The van der Waals surface area contributed by atoms with Crippen LogP contribution in [0.25, 0.3) is 0 Å². The number of amides is 1. The Morgan fingerprint density at radius 2 is 2.00 bits per heavy atom. The SMILES string of the molecule is O=C1CC(CS)CN1c1nc(Cl)c(Br)c(Cl)n1. The number of thiol groups is 1. The molecule has 1 aliphatic heterocycles. The maximum absolute atomic E-state index is 11.8. The molecule has 0 saturated carbocycles. The van der Waals surface area contributed by atoms with E-state index in [1.807, 2.05) is 0 Å². The Morgan fingerprint density at radius 3 is 2.47 bits per heavy atom. The molecule has 0 aliphatic carbocycles. The van der Waals surface area contributed by atoms with Crippen LogP contribution in [0.3, 0.4) is 0 Å². The van der Waals surface area contributed by atoms with Gasteiger partial charge in [-0.15, -0.1) is 0 Å². The van der Waals surface area contributed by atoms with Gasteiger partial charge in [-0.05, 0) is 27.6 Å². The summed E-state index contributed by atoms with van der Waals surface area (Å²) < 4.78 is 0.432. The van der Waals surface area contributed by atoms with Crippen molar-refractivity contribution in [2.75, 3.05) is 17.2 Å². The summed E-state index contributed by atoms with van der Waals surface area (Å²) in [6.07, 6.45) is 0.457. The third-order valence-corrected chi connectivity index (χ3v) is 4.73. The zero-order valence-electron chi connectivity index (χ0n) is 8.53. The monoisotopic (exact) mass is 355 g/mol. The van der Waals surface area contributed by atoms with Gasteiger partial charge in [0.05, 0.1) is 4.47 Å². The van der Waals surface area contributed by atoms with E-state index in [2.05, 4.69) is 38.5 Å². The van der Waals surface area contributed by atoms with Crippen LogP contribution >= 0.6 is 51.8 Å². The minimum absolute atomic E-state index is 0.0292. The van der Waals surface area contributed by atoms with Crippen LogP contribution in [-0.4, -0.2) is 28.2 Å². The van der Waals surface area contributed by atoms with Gasteiger partial charge >= 0.3 is 0 Å². The van der Waals surface area contributed by atoms with Crippen molar-refractivity contribution in [2.45, 2.75) is 6.42 Å². The highest BCUT2D eigenvalue weighted by Crippen LogP contribution is 2.31. The fourth-order valence-electron chi connectivity index (χ4n) is 1.60. The first-order valence-electron chi connectivity index (χ1n) is 4.82. The molecular weight excluding hydrogens is 349 g/mol. The molecule has 1 aliphatic rings. The number of nitrogens with zero attached hydrogens (tertiary/aromatic N) is 3. The third-order valence-electron chi connectivity index (χ3n) is 2.46. The summed E-state index contributed by atoms with van der Waals surface area (Å²) >= 11 is 19.1. The van der Waals surface area contributed by atoms with Crippen LogP contribution in [0.5, 0.6) is 0 Å². The summed E-state index contributed by atoms with van der Waals surface area (Å²) in [4.78, 5) is 21.3. The second-order valence-electron chi connectivity index (χ2n) is 3.68. The first kappa shape index (κ1) is 13.4. The number of rotatable bonds is 2. The molecule has 17 heavy (non-hydrogen) atoms. The van der Waals surface area contributed by atoms with Crippen molar-refractivity contribution in [1.82, 2.24) is 9.97 Å². The maximum Gasteiger partial charge on any atom is 0.235 e. The summed E-state index contributed by atoms with van der Waals surface area (Å²) in [5.41, 5.74) is 0. The van der Waals surface area contributed by atoms with Crippen LogP contribution in [0.2, 0.25) is 10.3 Å². The van der Waals surface area contributed by atoms with Gasteiger partial charge < -0.3 is 0 Å². The molecule has 1 aromatic rings. The molecule has 1 saturated heterocycles. The van der Waals surface area contributed by atoms with Gasteiger partial charge in [-0.1, -0.05) is 23.2 Å². The van der Waals surface area contributed by atoms with Gasteiger partial charge in [0.25, 0.3) is 0 Å². The summed E-state index contributed by atoms with van der Waals surface area (Å²) in [6, 6.07) is 0. The van der Waals surface area contributed by atoms with Crippen molar-refractivity contribution < 1.29 is 4.79 Å². The Bertz CT molecular complexity index is 451. The van der Waals surface area contributed by atoms with Gasteiger partial charge in [0.1, 0.15) is 10.3 Å². The van der Waals surface area contributed by atoms with Crippen LogP contribution in [-0.2, 0) is 4.79 Å². The standard InChI is InChI=1S/C9H8BrCl2N3OS/c10-6-7(11)13-9(14-8(6)12)15-2-4(3-17)1-5(15)16/h4,17H,1-3H2. The Morgan fingerprint density at radius 1 is 1.41 bits per heavy atom. The largest absolute Gasteiger partial charge is 0.280 e. The average molecular weight is 357 g/mol. The van der Waals surface area contributed by atoms with E-state index in [9.17, 15) is 4.79 Å². The molecule has 8 heteroatoms. The smallest absolute Gasteiger partial charge is 0.235 e. The molecule has 0 N–H and O–H groups in total. The van der Waals surface area contributed by atoms with Crippen LogP contribution in [0.1, 0.15) is 6.42 Å².